The van der Waals surface area contributed by atoms with Crippen LogP contribution in [0.2, 0.25) is 0 Å². The Morgan fingerprint density at radius 2 is 1.70 bits per heavy atom. The number of hydrogen-bond acceptors (Lipinski definition) is 5. The fraction of sp³-hybridized carbons (Fsp3) is 0.688. The van der Waals surface area contributed by atoms with Crippen LogP contribution in [0.5, 0.6) is 0 Å². The van der Waals surface area contributed by atoms with Crippen molar-refractivity contribution in [3.8, 4) is 0 Å². The zero-order valence-electron chi connectivity index (χ0n) is 24.3. The van der Waals surface area contributed by atoms with Crippen molar-refractivity contribution < 1.29 is 27.4 Å². The summed E-state index contributed by atoms with van der Waals surface area (Å²) in [6.45, 7) is 12.2. The first kappa shape index (κ1) is 28.1. The number of nitrogens with zero attached hydrogens (tertiary/aromatic N) is 2. The molecule has 2 unspecified atom stereocenters. The van der Waals surface area contributed by atoms with Crippen LogP contribution in [0.15, 0.2) is 18.3 Å². The van der Waals surface area contributed by atoms with Crippen molar-refractivity contribution in [3.05, 3.63) is 57.7 Å². The van der Waals surface area contributed by atoms with E-state index in [9.17, 15) is 13.2 Å². The fourth-order valence-corrected chi connectivity index (χ4v) is 7.45. The number of aromatic nitrogens is 2. The van der Waals surface area contributed by atoms with Crippen LogP contribution in [0.25, 0.3) is 0 Å². The Morgan fingerprint density at radius 3 is 2.30 bits per heavy atom. The molecule has 40 heavy (non-hydrogen) atoms. The fourth-order valence-electron chi connectivity index (χ4n) is 7.45. The zero-order valence-corrected chi connectivity index (χ0v) is 24.3. The lowest BCUT2D eigenvalue weighted by Crippen LogP contribution is -2.36. The second kappa shape index (κ2) is 9.77. The van der Waals surface area contributed by atoms with E-state index in [-0.39, 0.29) is 23.0 Å². The second-order valence-corrected chi connectivity index (χ2v) is 14.0. The molecule has 1 spiro atoms. The summed E-state index contributed by atoms with van der Waals surface area (Å²) >= 11 is 0. The lowest BCUT2D eigenvalue weighted by atomic mass is 9.70. The molecule has 1 saturated heterocycles. The summed E-state index contributed by atoms with van der Waals surface area (Å²) in [6, 6.07) is 2.61. The Labute approximate surface area is 235 Å². The van der Waals surface area contributed by atoms with Crippen molar-refractivity contribution >= 4 is 0 Å². The zero-order chi connectivity index (χ0) is 28.5. The molecule has 2 aromatic rings. The third-order valence-corrected chi connectivity index (χ3v) is 9.05. The maximum Gasteiger partial charge on any atom is 0.417 e. The highest BCUT2D eigenvalue weighted by Crippen LogP contribution is 2.60. The first-order chi connectivity index (χ1) is 18.8. The van der Waals surface area contributed by atoms with E-state index >= 15 is 0 Å². The highest BCUT2D eigenvalue weighted by atomic mass is 19.4. The number of rotatable bonds is 3. The van der Waals surface area contributed by atoms with E-state index in [1.165, 1.54) is 11.6 Å². The molecular formula is C32H41F3N2O3. The molecule has 2 fully saturated rings. The van der Waals surface area contributed by atoms with Gasteiger partial charge in [0, 0.05) is 42.1 Å². The van der Waals surface area contributed by atoms with Crippen molar-refractivity contribution in [2.75, 3.05) is 13.2 Å². The van der Waals surface area contributed by atoms with Crippen LogP contribution in [0.1, 0.15) is 137 Å². The molecule has 6 rings (SSSR count). The average molecular weight is 559 g/mol. The van der Waals surface area contributed by atoms with Gasteiger partial charge in [0.05, 0.1) is 34.3 Å². The van der Waals surface area contributed by atoms with Crippen LogP contribution in [0, 0.1) is 5.41 Å². The number of fused-ring (bicyclic) bond motifs is 4. The lowest BCUT2D eigenvalue weighted by Gasteiger charge is -2.42. The smallest absolute Gasteiger partial charge is 0.381 e. The molecule has 0 amide bonds. The normalized spacial score (nSPS) is 26.2. The van der Waals surface area contributed by atoms with Crippen molar-refractivity contribution in [1.82, 2.24) is 9.97 Å². The van der Waals surface area contributed by atoms with Gasteiger partial charge in [-0.1, -0.05) is 26.7 Å². The van der Waals surface area contributed by atoms with Gasteiger partial charge < -0.3 is 14.2 Å². The first-order valence-electron chi connectivity index (χ1n) is 14.8. The minimum absolute atomic E-state index is 0.0216. The molecule has 1 saturated carbocycles. The van der Waals surface area contributed by atoms with Crippen LogP contribution in [-0.2, 0) is 32.4 Å². The van der Waals surface area contributed by atoms with Crippen LogP contribution in [0.3, 0.4) is 0 Å². The van der Waals surface area contributed by atoms with Gasteiger partial charge in [0.25, 0.3) is 0 Å². The predicted octanol–water partition coefficient (Wildman–Crippen LogP) is 8.11. The molecule has 2 aliphatic heterocycles. The molecule has 2 aromatic heterocycles. The Morgan fingerprint density at radius 1 is 1.00 bits per heavy atom. The Balaban J connectivity index is 1.59. The summed E-state index contributed by atoms with van der Waals surface area (Å²) < 4.78 is 59.8. The summed E-state index contributed by atoms with van der Waals surface area (Å²) in [4.78, 5) is 9.80. The standard InChI is InChI=1S/C32H41F3N2O3/c1-29(2,3)39-23-17-30(4,5)16-22-24(23)26-25(27(37-22)19-10-14-38-15-11-19)28(40-31(26)12-6-7-13-31)21-9-8-20(18-36-21)32(33,34)35/h8-9,18-19,23,28H,6-7,10-17H2,1-5H3. The molecular weight excluding hydrogens is 517 g/mol. The Kier molecular flexibility index (Phi) is 6.87. The molecule has 218 valence electrons. The molecule has 8 heteroatoms. The molecule has 0 aromatic carbocycles. The van der Waals surface area contributed by atoms with Gasteiger partial charge in [-0.25, -0.2) is 0 Å². The molecule has 0 radical (unpaired) electrons. The second-order valence-electron chi connectivity index (χ2n) is 14.0. The highest BCUT2D eigenvalue weighted by Gasteiger charge is 2.54. The summed E-state index contributed by atoms with van der Waals surface area (Å²) in [5, 5.41) is 0. The predicted molar refractivity (Wildman–Crippen MR) is 145 cm³/mol. The number of pyridine rings is 2. The monoisotopic (exact) mass is 558 g/mol. The van der Waals surface area contributed by atoms with Crippen LogP contribution in [-0.4, -0.2) is 28.8 Å². The molecule has 0 N–H and O–H groups in total. The molecule has 4 heterocycles. The van der Waals surface area contributed by atoms with Gasteiger partial charge in [-0.3, -0.25) is 9.97 Å². The van der Waals surface area contributed by atoms with E-state index in [0.29, 0.717) is 18.9 Å². The Hall–Kier alpha value is -2.03. The van der Waals surface area contributed by atoms with Crippen LogP contribution in [0.4, 0.5) is 13.2 Å². The SMILES string of the molecule is CC1(C)Cc2nc(C3CCOCC3)c3c(c2C(OC(C)(C)C)C1)C1(CCCC1)OC3c1ccc(C(F)(F)F)cn1. The van der Waals surface area contributed by atoms with Gasteiger partial charge in [0.15, 0.2) is 0 Å². The Bertz CT molecular complexity index is 1250. The number of alkyl halides is 3. The largest absolute Gasteiger partial charge is 0.417 e. The highest BCUT2D eigenvalue weighted by molar-refractivity contribution is 5.54. The van der Waals surface area contributed by atoms with E-state index in [1.807, 2.05) is 0 Å². The van der Waals surface area contributed by atoms with Crippen molar-refractivity contribution in [2.45, 2.75) is 121 Å². The lowest BCUT2D eigenvalue weighted by molar-refractivity contribution is -0.137. The van der Waals surface area contributed by atoms with E-state index in [0.717, 1.165) is 86.1 Å². The van der Waals surface area contributed by atoms with E-state index in [2.05, 4.69) is 39.6 Å². The van der Waals surface area contributed by atoms with Gasteiger partial charge >= 0.3 is 6.18 Å². The number of ether oxygens (including phenoxy) is 3. The first-order valence-corrected chi connectivity index (χ1v) is 14.8. The number of hydrogen-bond donors (Lipinski definition) is 0. The van der Waals surface area contributed by atoms with Crippen molar-refractivity contribution in [3.63, 3.8) is 0 Å². The molecule has 2 aliphatic carbocycles. The topological polar surface area (TPSA) is 53.5 Å². The van der Waals surface area contributed by atoms with E-state index < -0.39 is 23.4 Å². The number of halogens is 3. The maximum absolute atomic E-state index is 13.4. The van der Waals surface area contributed by atoms with Gasteiger partial charge in [-0.05, 0) is 82.4 Å². The maximum atomic E-state index is 13.4. The van der Waals surface area contributed by atoms with Gasteiger partial charge in [0.2, 0.25) is 0 Å². The summed E-state index contributed by atoms with van der Waals surface area (Å²) in [6.07, 6.45) is 3.12. The van der Waals surface area contributed by atoms with Crippen molar-refractivity contribution in [2.24, 2.45) is 5.41 Å². The average Bonchev–Trinajstić information content (AvgIpc) is 3.47. The van der Waals surface area contributed by atoms with Gasteiger partial charge in [-0.15, -0.1) is 0 Å². The summed E-state index contributed by atoms with van der Waals surface area (Å²) in [5.74, 6) is 0.205. The van der Waals surface area contributed by atoms with Crippen LogP contribution >= 0.6 is 0 Å². The molecule has 4 aliphatic rings. The third kappa shape index (κ3) is 5.09. The third-order valence-electron chi connectivity index (χ3n) is 9.05. The van der Waals surface area contributed by atoms with Gasteiger partial charge in [-0.2, -0.15) is 13.2 Å². The van der Waals surface area contributed by atoms with Crippen LogP contribution < -0.4 is 0 Å². The summed E-state index contributed by atoms with van der Waals surface area (Å²) in [7, 11) is 0. The van der Waals surface area contributed by atoms with Gasteiger partial charge in [0.1, 0.15) is 6.10 Å². The molecule has 5 nitrogen and oxygen atoms in total. The molecule has 0 bridgehead atoms. The quantitative estimate of drug-likeness (QED) is 0.381. The molecule has 2 atom stereocenters. The van der Waals surface area contributed by atoms with Crippen molar-refractivity contribution in [1.29, 1.82) is 0 Å². The van der Waals surface area contributed by atoms with E-state index in [4.69, 9.17) is 19.2 Å². The van der Waals surface area contributed by atoms with E-state index in [1.54, 1.807) is 0 Å². The summed E-state index contributed by atoms with van der Waals surface area (Å²) in [5.41, 5.74) is 4.45. The minimum Gasteiger partial charge on any atom is -0.381 e. The minimum atomic E-state index is -4.44.